The number of aliphatic carboxylic acids is 1. The highest BCUT2D eigenvalue weighted by molar-refractivity contribution is 7.90. The van der Waals surface area contributed by atoms with E-state index < -0.39 is 27.8 Å². The van der Waals surface area contributed by atoms with E-state index in [2.05, 4.69) is 4.72 Å². The summed E-state index contributed by atoms with van der Waals surface area (Å²) in [6, 6.07) is 6.13. The molecule has 1 atom stereocenters. The van der Waals surface area contributed by atoms with Gasteiger partial charge in [0.1, 0.15) is 0 Å². The number of sulfonamides is 1. The second-order valence-corrected chi connectivity index (χ2v) is 5.73. The smallest absolute Gasteiger partial charge is 0.320 e. The Bertz CT molecular complexity index is 498. The number of carboxylic acids is 1. The zero-order chi connectivity index (χ0) is 13.1. The maximum atomic E-state index is 11.4. The highest BCUT2D eigenvalue weighted by Crippen LogP contribution is 2.16. The van der Waals surface area contributed by atoms with Gasteiger partial charge in [0.05, 0.1) is 0 Å². The molecular weight excluding hydrogens is 266 g/mol. The van der Waals surface area contributed by atoms with Gasteiger partial charge in [-0.2, -0.15) is 0 Å². The van der Waals surface area contributed by atoms with Crippen LogP contribution < -0.4 is 4.72 Å². The molecule has 94 valence electrons. The SMILES string of the molecule is CC(NS(=O)(=O)CC(=O)O)c1ccc(Cl)cc1. The first-order valence-electron chi connectivity index (χ1n) is 4.77. The maximum Gasteiger partial charge on any atom is 0.320 e. The van der Waals surface area contributed by atoms with Gasteiger partial charge in [-0.3, -0.25) is 4.79 Å². The Morgan fingerprint density at radius 3 is 2.41 bits per heavy atom. The Balaban J connectivity index is 2.75. The summed E-state index contributed by atoms with van der Waals surface area (Å²) >= 11 is 5.70. The Morgan fingerprint density at radius 1 is 1.41 bits per heavy atom. The third kappa shape index (κ3) is 4.72. The van der Waals surface area contributed by atoms with E-state index in [1.807, 2.05) is 0 Å². The van der Waals surface area contributed by atoms with Crippen LogP contribution in [0.15, 0.2) is 24.3 Å². The summed E-state index contributed by atoms with van der Waals surface area (Å²) < 4.78 is 25.0. The first-order valence-corrected chi connectivity index (χ1v) is 6.80. The van der Waals surface area contributed by atoms with E-state index in [1.165, 1.54) is 0 Å². The molecule has 7 heteroatoms. The van der Waals surface area contributed by atoms with Crippen LogP contribution in [-0.4, -0.2) is 25.2 Å². The van der Waals surface area contributed by atoms with Crippen LogP contribution in [0.5, 0.6) is 0 Å². The number of hydrogen-bond donors (Lipinski definition) is 2. The van der Waals surface area contributed by atoms with E-state index in [9.17, 15) is 13.2 Å². The molecule has 5 nitrogen and oxygen atoms in total. The molecule has 1 aromatic rings. The molecular formula is C10H12ClNO4S. The third-order valence-electron chi connectivity index (χ3n) is 2.04. The summed E-state index contributed by atoms with van der Waals surface area (Å²) in [6.45, 7) is 1.63. The van der Waals surface area contributed by atoms with Crippen LogP contribution in [-0.2, 0) is 14.8 Å². The number of hydrogen-bond acceptors (Lipinski definition) is 3. The van der Waals surface area contributed by atoms with Crippen molar-refractivity contribution in [3.63, 3.8) is 0 Å². The molecule has 0 fully saturated rings. The van der Waals surface area contributed by atoms with Gasteiger partial charge in [0.2, 0.25) is 10.0 Å². The monoisotopic (exact) mass is 277 g/mol. The molecule has 0 aliphatic heterocycles. The van der Waals surface area contributed by atoms with Gasteiger partial charge in [-0.25, -0.2) is 13.1 Å². The predicted octanol–water partition coefficient (Wildman–Crippen LogP) is 1.40. The van der Waals surface area contributed by atoms with Crippen molar-refractivity contribution in [3.05, 3.63) is 34.9 Å². The van der Waals surface area contributed by atoms with Crippen LogP contribution in [0.25, 0.3) is 0 Å². The average molecular weight is 278 g/mol. The standard InChI is InChI=1S/C10H12ClNO4S/c1-7(8-2-4-9(11)5-3-8)12-17(15,16)6-10(13)14/h2-5,7,12H,6H2,1H3,(H,13,14). The highest BCUT2D eigenvalue weighted by Gasteiger charge is 2.19. The van der Waals surface area contributed by atoms with Gasteiger partial charge >= 0.3 is 5.97 Å². The lowest BCUT2D eigenvalue weighted by molar-refractivity contribution is -0.134. The van der Waals surface area contributed by atoms with Crippen molar-refractivity contribution in [2.45, 2.75) is 13.0 Å². The van der Waals surface area contributed by atoms with E-state index in [0.717, 1.165) is 0 Å². The van der Waals surface area contributed by atoms with Crippen molar-refractivity contribution in [1.29, 1.82) is 0 Å². The van der Waals surface area contributed by atoms with E-state index in [-0.39, 0.29) is 0 Å². The summed E-state index contributed by atoms with van der Waals surface area (Å²) in [6.07, 6.45) is 0. The Labute approximate surface area is 104 Å². The van der Waals surface area contributed by atoms with Gasteiger partial charge in [0.15, 0.2) is 5.75 Å². The third-order valence-corrected chi connectivity index (χ3v) is 3.63. The molecule has 0 aliphatic rings. The van der Waals surface area contributed by atoms with Crippen molar-refractivity contribution in [2.24, 2.45) is 0 Å². The van der Waals surface area contributed by atoms with Crippen molar-refractivity contribution in [3.8, 4) is 0 Å². The topological polar surface area (TPSA) is 83.5 Å². The molecule has 1 rings (SSSR count). The Hall–Kier alpha value is -1.11. The molecule has 0 amide bonds. The average Bonchev–Trinajstić information content (AvgIpc) is 2.15. The first-order chi connectivity index (χ1) is 7.80. The fourth-order valence-corrected chi connectivity index (χ4v) is 2.50. The zero-order valence-electron chi connectivity index (χ0n) is 9.05. The Morgan fingerprint density at radius 2 is 1.94 bits per heavy atom. The van der Waals surface area contributed by atoms with Crippen molar-refractivity contribution in [2.75, 3.05) is 5.75 Å². The minimum Gasteiger partial charge on any atom is -0.480 e. The molecule has 0 heterocycles. The van der Waals surface area contributed by atoms with Gasteiger partial charge in [-0.15, -0.1) is 0 Å². The number of nitrogens with one attached hydrogen (secondary N) is 1. The van der Waals surface area contributed by atoms with Crippen LogP contribution in [0.1, 0.15) is 18.5 Å². The lowest BCUT2D eigenvalue weighted by atomic mass is 10.1. The minimum atomic E-state index is -3.82. The minimum absolute atomic E-state index is 0.503. The quantitative estimate of drug-likeness (QED) is 0.852. The van der Waals surface area contributed by atoms with Gasteiger partial charge < -0.3 is 5.11 Å². The van der Waals surface area contributed by atoms with E-state index in [0.29, 0.717) is 10.6 Å². The molecule has 0 bridgehead atoms. The van der Waals surface area contributed by atoms with Crippen LogP contribution in [0.4, 0.5) is 0 Å². The fraction of sp³-hybridized carbons (Fsp3) is 0.300. The normalized spacial score (nSPS) is 13.3. The Kier molecular flexibility index (Phi) is 4.50. The summed E-state index contributed by atoms with van der Waals surface area (Å²) in [7, 11) is -3.82. The number of halogens is 1. The van der Waals surface area contributed by atoms with Gasteiger partial charge in [0, 0.05) is 11.1 Å². The van der Waals surface area contributed by atoms with E-state index in [4.69, 9.17) is 16.7 Å². The molecule has 2 N–H and O–H groups in total. The van der Waals surface area contributed by atoms with Crippen LogP contribution in [0.3, 0.4) is 0 Å². The lowest BCUT2D eigenvalue weighted by Crippen LogP contribution is -2.32. The van der Waals surface area contributed by atoms with Crippen LogP contribution in [0.2, 0.25) is 5.02 Å². The first kappa shape index (κ1) is 14.0. The van der Waals surface area contributed by atoms with E-state index in [1.54, 1.807) is 31.2 Å². The second-order valence-electron chi connectivity index (χ2n) is 3.54. The van der Waals surface area contributed by atoms with Crippen molar-refractivity contribution < 1.29 is 18.3 Å². The molecule has 17 heavy (non-hydrogen) atoms. The summed E-state index contributed by atoms with van der Waals surface area (Å²) in [4.78, 5) is 10.3. The summed E-state index contributed by atoms with van der Waals surface area (Å²) in [5.74, 6) is -2.33. The van der Waals surface area contributed by atoms with Gasteiger partial charge in [-0.1, -0.05) is 23.7 Å². The maximum absolute atomic E-state index is 11.4. The summed E-state index contributed by atoms with van der Waals surface area (Å²) in [5, 5.41) is 8.98. The van der Waals surface area contributed by atoms with E-state index >= 15 is 0 Å². The summed E-state index contributed by atoms with van der Waals surface area (Å²) in [5.41, 5.74) is 0.711. The number of carbonyl (C=O) groups is 1. The molecule has 0 aliphatic carbocycles. The number of carboxylic acid groups (broad SMARTS) is 1. The van der Waals surface area contributed by atoms with Crippen LogP contribution >= 0.6 is 11.6 Å². The predicted molar refractivity (Wildman–Crippen MR) is 64.4 cm³/mol. The number of rotatable bonds is 5. The van der Waals surface area contributed by atoms with Crippen molar-refractivity contribution >= 4 is 27.6 Å². The molecule has 1 unspecified atom stereocenters. The van der Waals surface area contributed by atoms with Gasteiger partial charge in [0.25, 0.3) is 0 Å². The highest BCUT2D eigenvalue weighted by atomic mass is 35.5. The fourth-order valence-electron chi connectivity index (χ4n) is 1.29. The number of benzene rings is 1. The van der Waals surface area contributed by atoms with Crippen LogP contribution in [0, 0.1) is 0 Å². The molecule has 0 saturated carbocycles. The molecule has 0 aromatic heterocycles. The van der Waals surface area contributed by atoms with Gasteiger partial charge in [-0.05, 0) is 24.6 Å². The molecule has 1 aromatic carbocycles. The molecule has 0 saturated heterocycles. The molecule has 0 spiro atoms. The lowest BCUT2D eigenvalue weighted by Gasteiger charge is -2.13. The zero-order valence-corrected chi connectivity index (χ0v) is 10.6. The largest absolute Gasteiger partial charge is 0.480 e. The molecule has 0 radical (unpaired) electrons. The second kappa shape index (κ2) is 5.48. The van der Waals surface area contributed by atoms with Crippen molar-refractivity contribution in [1.82, 2.24) is 4.72 Å².